The topological polar surface area (TPSA) is 26.0 Å². The van der Waals surface area contributed by atoms with Crippen molar-refractivity contribution in [1.82, 2.24) is 0 Å². The van der Waals surface area contributed by atoms with E-state index in [4.69, 9.17) is 5.73 Å². The Hall–Kier alpha value is -1.60. The summed E-state index contributed by atoms with van der Waals surface area (Å²) in [6, 6.07) is 15.4. The van der Waals surface area contributed by atoms with Crippen molar-refractivity contribution in [2.45, 2.75) is 39.7 Å². The fraction of sp³-hybridized carbons (Fsp3) is 0.333. The molecule has 1 nitrogen and oxygen atoms in total. The summed E-state index contributed by atoms with van der Waals surface area (Å²) in [5.41, 5.74) is 12.9. The SMILES string of the molecule is CCc1ccc(C(N)Cc2ccc(C)c(C)c2)cc1. The van der Waals surface area contributed by atoms with E-state index < -0.39 is 0 Å². The molecule has 0 radical (unpaired) electrons. The molecule has 0 aliphatic carbocycles. The second kappa shape index (κ2) is 6.03. The molecule has 2 rings (SSSR count). The van der Waals surface area contributed by atoms with E-state index in [9.17, 15) is 0 Å². The summed E-state index contributed by atoms with van der Waals surface area (Å²) >= 11 is 0. The van der Waals surface area contributed by atoms with Crippen LogP contribution >= 0.6 is 0 Å². The Morgan fingerprint density at radius 3 is 2.11 bits per heavy atom. The molecule has 0 saturated carbocycles. The number of nitrogens with two attached hydrogens (primary N) is 1. The van der Waals surface area contributed by atoms with Crippen molar-refractivity contribution >= 4 is 0 Å². The van der Waals surface area contributed by atoms with E-state index in [0.717, 1.165) is 12.8 Å². The predicted octanol–water partition coefficient (Wildman–Crippen LogP) is 4.11. The normalized spacial score (nSPS) is 12.4. The van der Waals surface area contributed by atoms with Crippen LogP contribution in [0.4, 0.5) is 0 Å². The number of aryl methyl sites for hydroxylation is 3. The van der Waals surface area contributed by atoms with Crippen LogP contribution in [0.2, 0.25) is 0 Å². The molecule has 0 aromatic heterocycles. The molecule has 2 aromatic carbocycles. The zero-order valence-electron chi connectivity index (χ0n) is 12.1. The number of hydrogen-bond donors (Lipinski definition) is 1. The second-order valence-electron chi connectivity index (χ2n) is 5.32. The molecule has 0 aliphatic rings. The van der Waals surface area contributed by atoms with Gasteiger partial charge in [-0.1, -0.05) is 49.4 Å². The summed E-state index contributed by atoms with van der Waals surface area (Å²) < 4.78 is 0. The van der Waals surface area contributed by atoms with E-state index >= 15 is 0 Å². The number of benzene rings is 2. The average molecular weight is 253 g/mol. The minimum Gasteiger partial charge on any atom is -0.324 e. The maximum atomic E-state index is 6.31. The number of hydrogen-bond acceptors (Lipinski definition) is 1. The van der Waals surface area contributed by atoms with Crippen molar-refractivity contribution < 1.29 is 0 Å². The first-order valence-electron chi connectivity index (χ1n) is 7.00. The molecule has 1 unspecified atom stereocenters. The van der Waals surface area contributed by atoms with Gasteiger partial charge in [-0.3, -0.25) is 0 Å². The molecule has 0 fully saturated rings. The minimum atomic E-state index is 0.0769. The zero-order valence-corrected chi connectivity index (χ0v) is 12.1. The predicted molar refractivity (Wildman–Crippen MR) is 82.4 cm³/mol. The molecule has 0 heterocycles. The van der Waals surface area contributed by atoms with Crippen LogP contribution in [0, 0.1) is 13.8 Å². The van der Waals surface area contributed by atoms with Gasteiger partial charge in [-0.05, 0) is 54.5 Å². The van der Waals surface area contributed by atoms with Gasteiger partial charge < -0.3 is 5.73 Å². The van der Waals surface area contributed by atoms with Gasteiger partial charge in [0, 0.05) is 6.04 Å². The van der Waals surface area contributed by atoms with Gasteiger partial charge in [0.15, 0.2) is 0 Å². The first-order chi connectivity index (χ1) is 9.10. The third kappa shape index (κ3) is 3.45. The second-order valence-corrected chi connectivity index (χ2v) is 5.32. The first-order valence-corrected chi connectivity index (χ1v) is 7.00. The molecule has 1 atom stereocenters. The van der Waals surface area contributed by atoms with Gasteiger partial charge in [-0.25, -0.2) is 0 Å². The highest BCUT2D eigenvalue weighted by molar-refractivity contribution is 5.32. The van der Waals surface area contributed by atoms with Crippen LogP contribution in [-0.2, 0) is 12.8 Å². The molecule has 0 spiro atoms. The first kappa shape index (κ1) is 13.8. The van der Waals surface area contributed by atoms with Crippen LogP contribution < -0.4 is 5.73 Å². The highest BCUT2D eigenvalue weighted by atomic mass is 14.6. The Morgan fingerprint density at radius 1 is 0.895 bits per heavy atom. The lowest BCUT2D eigenvalue weighted by molar-refractivity contribution is 0.721. The van der Waals surface area contributed by atoms with Crippen LogP contribution in [0.25, 0.3) is 0 Å². The summed E-state index contributed by atoms with van der Waals surface area (Å²) in [4.78, 5) is 0. The van der Waals surface area contributed by atoms with Crippen LogP contribution in [0.5, 0.6) is 0 Å². The Bertz CT molecular complexity index is 540. The molecule has 0 aliphatic heterocycles. The third-order valence-electron chi connectivity index (χ3n) is 3.84. The molecule has 0 saturated heterocycles. The van der Waals surface area contributed by atoms with Crippen molar-refractivity contribution in [2.75, 3.05) is 0 Å². The van der Waals surface area contributed by atoms with Crippen molar-refractivity contribution in [3.8, 4) is 0 Å². The fourth-order valence-corrected chi connectivity index (χ4v) is 2.30. The quantitative estimate of drug-likeness (QED) is 0.872. The van der Waals surface area contributed by atoms with Gasteiger partial charge in [0.2, 0.25) is 0 Å². The van der Waals surface area contributed by atoms with Gasteiger partial charge >= 0.3 is 0 Å². The summed E-state index contributed by atoms with van der Waals surface area (Å²) in [6.45, 7) is 6.47. The lowest BCUT2D eigenvalue weighted by atomic mass is 9.96. The maximum Gasteiger partial charge on any atom is 0.0335 e. The van der Waals surface area contributed by atoms with Crippen molar-refractivity contribution in [1.29, 1.82) is 0 Å². The molecule has 100 valence electrons. The molecule has 2 aromatic rings. The number of rotatable bonds is 4. The maximum absolute atomic E-state index is 6.31. The fourth-order valence-electron chi connectivity index (χ4n) is 2.30. The van der Waals surface area contributed by atoms with Gasteiger partial charge in [0.25, 0.3) is 0 Å². The lowest BCUT2D eigenvalue weighted by Crippen LogP contribution is -2.13. The summed E-state index contributed by atoms with van der Waals surface area (Å²) in [5, 5.41) is 0. The minimum absolute atomic E-state index is 0.0769. The Balaban J connectivity index is 2.10. The Labute approximate surface area is 116 Å². The van der Waals surface area contributed by atoms with Crippen LogP contribution in [0.3, 0.4) is 0 Å². The van der Waals surface area contributed by atoms with Crippen LogP contribution in [0.1, 0.15) is 40.8 Å². The van der Waals surface area contributed by atoms with E-state index in [1.165, 1.54) is 27.8 Å². The average Bonchev–Trinajstić information content (AvgIpc) is 2.43. The van der Waals surface area contributed by atoms with E-state index in [0.29, 0.717) is 0 Å². The van der Waals surface area contributed by atoms with Crippen molar-refractivity contribution in [2.24, 2.45) is 5.73 Å². The molecular weight excluding hydrogens is 230 g/mol. The third-order valence-corrected chi connectivity index (χ3v) is 3.84. The molecule has 0 amide bonds. The molecule has 19 heavy (non-hydrogen) atoms. The summed E-state index contributed by atoms with van der Waals surface area (Å²) in [5.74, 6) is 0. The Kier molecular flexibility index (Phi) is 4.39. The summed E-state index contributed by atoms with van der Waals surface area (Å²) in [7, 11) is 0. The van der Waals surface area contributed by atoms with E-state index in [2.05, 4.69) is 63.2 Å². The highest BCUT2D eigenvalue weighted by Gasteiger charge is 2.07. The van der Waals surface area contributed by atoms with Crippen LogP contribution in [-0.4, -0.2) is 0 Å². The largest absolute Gasteiger partial charge is 0.324 e. The lowest BCUT2D eigenvalue weighted by Gasteiger charge is -2.14. The Morgan fingerprint density at radius 2 is 1.53 bits per heavy atom. The van der Waals surface area contributed by atoms with E-state index in [1.807, 2.05) is 0 Å². The smallest absolute Gasteiger partial charge is 0.0335 e. The van der Waals surface area contributed by atoms with Gasteiger partial charge in [-0.15, -0.1) is 0 Å². The molecule has 1 heteroatoms. The van der Waals surface area contributed by atoms with Gasteiger partial charge in [-0.2, -0.15) is 0 Å². The highest BCUT2D eigenvalue weighted by Crippen LogP contribution is 2.19. The van der Waals surface area contributed by atoms with Crippen molar-refractivity contribution in [3.05, 3.63) is 70.3 Å². The van der Waals surface area contributed by atoms with Crippen LogP contribution in [0.15, 0.2) is 42.5 Å². The molecule has 2 N–H and O–H groups in total. The van der Waals surface area contributed by atoms with E-state index in [1.54, 1.807) is 0 Å². The van der Waals surface area contributed by atoms with Gasteiger partial charge in [0.05, 0.1) is 0 Å². The zero-order chi connectivity index (χ0) is 13.8. The molecular formula is C18H23N. The van der Waals surface area contributed by atoms with E-state index in [-0.39, 0.29) is 6.04 Å². The van der Waals surface area contributed by atoms with Gasteiger partial charge in [0.1, 0.15) is 0 Å². The molecule has 0 bridgehead atoms. The monoisotopic (exact) mass is 253 g/mol. The summed E-state index contributed by atoms with van der Waals surface area (Å²) in [6.07, 6.45) is 1.97. The van der Waals surface area contributed by atoms with Crippen molar-refractivity contribution in [3.63, 3.8) is 0 Å². The standard InChI is InChI=1S/C18H23N/c1-4-15-7-9-17(10-8-15)18(19)12-16-6-5-13(2)14(3)11-16/h5-11,18H,4,12,19H2,1-3H3.